The number of hydrogen-bond acceptors (Lipinski definition) is 6. The van der Waals surface area contributed by atoms with E-state index in [9.17, 15) is 9.59 Å². The number of nitrogens with one attached hydrogen (secondary N) is 2. The van der Waals surface area contributed by atoms with Crippen molar-refractivity contribution in [2.75, 3.05) is 26.2 Å². The number of benzene rings is 1. The SMILES string of the molecule is CC.NCCNC(=O)OC1CCCCC1.NCCNC(=O)Oc1ccccc1. The predicted molar refractivity (Wildman–Crippen MR) is 111 cm³/mol. The smallest absolute Gasteiger partial charge is 0.412 e. The van der Waals surface area contributed by atoms with Crippen molar-refractivity contribution in [3.05, 3.63) is 30.3 Å². The van der Waals surface area contributed by atoms with Crippen molar-refractivity contribution in [2.24, 2.45) is 11.5 Å². The molecule has 0 heterocycles. The molecule has 1 aromatic rings. The molecule has 0 atom stereocenters. The van der Waals surface area contributed by atoms with Crippen molar-refractivity contribution in [1.82, 2.24) is 10.6 Å². The van der Waals surface area contributed by atoms with Gasteiger partial charge < -0.3 is 31.6 Å². The highest BCUT2D eigenvalue weighted by molar-refractivity contribution is 5.70. The molecule has 0 aliphatic heterocycles. The quantitative estimate of drug-likeness (QED) is 0.585. The van der Waals surface area contributed by atoms with Crippen LogP contribution in [0.1, 0.15) is 46.0 Å². The Hall–Kier alpha value is -2.32. The van der Waals surface area contributed by atoms with Crippen LogP contribution in [0, 0.1) is 0 Å². The molecule has 0 radical (unpaired) electrons. The first-order valence-corrected chi connectivity index (χ1v) is 10.0. The van der Waals surface area contributed by atoms with Gasteiger partial charge in [-0.1, -0.05) is 38.5 Å². The topological polar surface area (TPSA) is 129 Å². The maximum absolute atomic E-state index is 11.1. The fourth-order valence-corrected chi connectivity index (χ4v) is 2.36. The summed E-state index contributed by atoms with van der Waals surface area (Å²) >= 11 is 0. The highest BCUT2D eigenvalue weighted by atomic mass is 16.6. The van der Waals surface area contributed by atoms with Gasteiger partial charge >= 0.3 is 12.2 Å². The number of carbonyl (C=O) groups is 2. The van der Waals surface area contributed by atoms with Crippen LogP contribution in [0.2, 0.25) is 0 Å². The van der Waals surface area contributed by atoms with Crippen molar-refractivity contribution in [3.8, 4) is 5.75 Å². The lowest BCUT2D eigenvalue weighted by molar-refractivity contribution is 0.0756. The average molecular weight is 397 g/mol. The number of rotatable bonds is 6. The molecule has 2 rings (SSSR count). The van der Waals surface area contributed by atoms with E-state index in [0.29, 0.717) is 31.9 Å². The molecule has 0 aromatic heterocycles. The average Bonchev–Trinajstić information content (AvgIpc) is 2.74. The van der Waals surface area contributed by atoms with Crippen molar-refractivity contribution < 1.29 is 19.1 Å². The van der Waals surface area contributed by atoms with Gasteiger partial charge in [0.2, 0.25) is 0 Å². The first-order chi connectivity index (χ1) is 13.7. The van der Waals surface area contributed by atoms with Gasteiger partial charge in [0, 0.05) is 26.2 Å². The van der Waals surface area contributed by atoms with Gasteiger partial charge in [-0.15, -0.1) is 0 Å². The van der Waals surface area contributed by atoms with E-state index in [1.807, 2.05) is 19.9 Å². The molecule has 1 aromatic carbocycles. The minimum absolute atomic E-state index is 0.131. The van der Waals surface area contributed by atoms with E-state index in [1.54, 1.807) is 24.3 Å². The summed E-state index contributed by atoms with van der Waals surface area (Å²) in [5.74, 6) is 0.525. The minimum Gasteiger partial charge on any atom is -0.446 e. The van der Waals surface area contributed by atoms with Crippen LogP contribution in [-0.2, 0) is 4.74 Å². The molecule has 0 saturated heterocycles. The second kappa shape index (κ2) is 18.1. The van der Waals surface area contributed by atoms with Crippen LogP contribution in [0.4, 0.5) is 9.59 Å². The summed E-state index contributed by atoms with van der Waals surface area (Å²) in [7, 11) is 0. The molecule has 0 spiro atoms. The van der Waals surface area contributed by atoms with Gasteiger partial charge in [-0.05, 0) is 37.8 Å². The van der Waals surface area contributed by atoms with Crippen LogP contribution < -0.4 is 26.8 Å². The maximum Gasteiger partial charge on any atom is 0.412 e. The fourth-order valence-electron chi connectivity index (χ4n) is 2.36. The molecule has 28 heavy (non-hydrogen) atoms. The van der Waals surface area contributed by atoms with E-state index < -0.39 is 6.09 Å². The van der Waals surface area contributed by atoms with Crippen LogP contribution >= 0.6 is 0 Å². The number of alkyl carbamates (subject to hydrolysis) is 1. The Balaban J connectivity index is 0.000000478. The summed E-state index contributed by atoms with van der Waals surface area (Å²) < 4.78 is 10.1. The standard InChI is InChI=1S/C9H18N2O2.C9H12N2O2.C2H6/c2*10-6-7-11-9(12)13-8-4-2-1-3-5-8;1-2/h8H,1-7,10H2,(H,11,12);1-5H,6-7,10H2,(H,11,12);1-2H3. The van der Waals surface area contributed by atoms with Gasteiger partial charge in [0.15, 0.2) is 0 Å². The normalized spacial score (nSPS) is 13.0. The van der Waals surface area contributed by atoms with Gasteiger partial charge in [0.05, 0.1) is 0 Å². The maximum atomic E-state index is 11.1. The molecule has 0 bridgehead atoms. The molecule has 0 unspecified atom stereocenters. The third-order valence-corrected chi connectivity index (χ3v) is 3.61. The molecule has 6 N–H and O–H groups in total. The summed E-state index contributed by atoms with van der Waals surface area (Å²) in [6.45, 7) is 5.78. The highest BCUT2D eigenvalue weighted by Crippen LogP contribution is 2.20. The first kappa shape index (κ1) is 25.7. The minimum atomic E-state index is -0.475. The lowest BCUT2D eigenvalue weighted by Gasteiger charge is -2.21. The number of hydrogen-bond donors (Lipinski definition) is 4. The summed E-state index contributed by atoms with van der Waals surface area (Å²) in [6, 6.07) is 8.87. The summed E-state index contributed by atoms with van der Waals surface area (Å²) in [6.07, 6.45) is 4.97. The fraction of sp³-hybridized carbons (Fsp3) is 0.600. The molecule has 8 heteroatoms. The van der Waals surface area contributed by atoms with Crippen molar-refractivity contribution in [2.45, 2.75) is 52.1 Å². The number of ether oxygens (including phenoxy) is 2. The lowest BCUT2D eigenvalue weighted by Crippen LogP contribution is -2.33. The van der Waals surface area contributed by atoms with E-state index in [1.165, 1.54) is 19.3 Å². The van der Waals surface area contributed by atoms with Gasteiger partial charge in [-0.3, -0.25) is 0 Å². The summed E-state index contributed by atoms with van der Waals surface area (Å²) in [5.41, 5.74) is 10.4. The molecule has 8 nitrogen and oxygen atoms in total. The van der Waals surface area contributed by atoms with E-state index >= 15 is 0 Å². The van der Waals surface area contributed by atoms with Crippen LogP contribution in [0.3, 0.4) is 0 Å². The first-order valence-electron chi connectivity index (χ1n) is 10.0. The van der Waals surface area contributed by atoms with E-state index in [4.69, 9.17) is 20.9 Å². The molecule has 1 aliphatic rings. The predicted octanol–water partition coefficient (Wildman–Crippen LogP) is 2.76. The van der Waals surface area contributed by atoms with E-state index in [-0.39, 0.29) is 12.2 Å². The van der Waals surface area contributed by atoms with Crippen molar-refractivity contribution >= 4 is 12.2 Å². The van der Waals surface area contributed by atoms with Crippen LogP contribution in [0.15, 0.2) is 30.3 Å². The Morgan fingerprint density at radius 1 is 0.929 bits per heavy atom. The number of nitrogens with two attached hydrogens (primary N) is 2. The van der Waals surface area contributed by atoms with Crippen LogP contribution in [0.25, 0.3) is 0 Å². The van der Waals surface area contributed by atoms with Gasteiger partial charge in [-0.25, -0.2) is 9.59 Å². The zero-order chi connectivity index (χ0) is 21.0. The Morgan fingerprint density at radius 2 is 1.46 bits per heavy atom. The number of carbonyl (C=O) groups excluding carboxylic acids is 2. The Kier molecular flexibility index (Phi) is 16.6. The largest absolute Gasteiger partial charge is 0.446 e. The molecular weight excluding hydrogens is 360 g/mol. The molecule has 1 aliphatic carbocycles. The third-order valence-electron chi connectivity index (χ3n) is 3.61. The highest BCUT2D eigenvalue weighted by Gasteiger charge is 2.16. The van der Waals surface area contributed by atoms with Crippen molar-refractivity contribution in [3.63, 3.8) is 0 Å². The summed E-state index contributed by atoms with van der Waals surface area (Å²) in [4.78, 5) is 22.1. The third kappa shape index (κ3) is 13.8. The van der Waals surface area contributed by atoms with Crippen LogP contribution in [-0.4, -0.2) is 44.5 Å². The Bertz CT molecular complexity index is 508. The van der Waals surface area contributed by atoms with Gasteiger partial charge in [0.25, 0.3) is 0 Å². The number of amides is 2. The summed E-state index contributed by atoms with van der Waals surface area (Å²) in [5, 5.41) is 5.09. The monoisotopic (exact) mass is 396 g/mol. The molecular formula is C20H36N4O4. The molecule has 1 saturated carbocycles. The zero-order valence-electron chi connectivity index (χ0n) is 17.1. The molecule has 1 fully saturated rings. The second-order valence-corrected chi connectivity index (χ2v) is 5.80. The Labute approximate surface area is 168 Å². The zero-order valence-corrected chi connectivity index (χ0v) is 17.1. The number of para-hydroxylation sites is 1. The van der Waals surface area contributed by atoms with E-state index in [2.05, 4.69) is 10.6 Å². The second-order valence-electron chi connectivity index (χ2n) is 5.80. The molecule has 160 valence electrons. The van der Waals surface area contributed by atoms with Crippen molar-refractivity contribution in [1.29, 1.82) is 0 Å². The van der Waals surface area contributed by atoms with Gasteiger partial charge in [-0.2, -0.15) is 0 Å². The lowest BCUT2D eigenvalue weighted by atomic mass is 9.98. The van der Waals surface area contributed by atoms with Gasteiger partial charge in [0.1, 0.15) is 11.9 Å². The van der Waals surface area contributed by atoms with Crippen LogP contribution in [0.5, 0.6) is 5.75 Å². The van der Waals surface area contributed by atoms with E-state index in [0.717, 1.165) is 12.8 Å². The Morgan fingerprint density at radius 3 is 2.00 bits per heavy atom. The molecule has 2 amide bonds.